The van der Waals surface area contributed by atoms with Crippen LogP contribution in [0.1, 0.15) is 25.0 Å². The lowest BCUT2D eigenvalue weighted by Gasteiger charge is -2.35. The maximum Gasteiger partial charge on any atom is 0.339 e. The second kappa shape index (κ2) is 10.1. The molecule has 2 aromatic rings. The molecular weight excluding hydrogens is 382 g/mol. The summed E-state index contributed by atoms with van der Waals surface area (Å²) in [7, 11) is 1.58. The van der Waals surface area contributed by atoms with E-state index in [4.69, 9.17) is 14.2 Å². The summed E-state index contributed by atoms with van der Waals surface area (Å²) >= 11 is 0. The number of morpholine rings is 1. The van der Waals surface area contributed by atoms with Gasteiger partial charge in [0.25, 0.3) is 5.91 Å². The number of nitrogens with zero attached hydrogens (tertiary/aromatic N) is 1. The quantitative estimate of drug-likeness (QED) is 0.416. The van der Waals surface area contributed by atoms with Gasteiger partial charge in [0, 0.05) is 18.7 Å². The van der Waals surface area contributed by atoms with Crippen LogP contribution in [0.5, 0.6) is 5.75 Å². The first-order chi connectivity index (χ1) is 14.5. The molecule has 1 heterocycles. The van der Waals surface area contributed by atoms with Gasteiger partial charge in [-0.05, 0) is 31.6 Å². The zero-order chi connectivity index (χ0) is 21.5. The van der Waals surface area contributed by atoms with Gasteiger partial charge in [-0.15, -0.1) is 0 Å². The van der Waals surface area contributed by atoms with Gasteiger partial charge in [-0.3, -0.25) is 4.79 Å². The Bertz CT molecular complexity index is 899. The predicted molar refractivity (Wildman–Crippen MR) is 115 cm³/mol. The van der Waals surface area contributed by atoms with Crippen molar-refractivity contribution in [2.75, 3.05) is 26.8 Å². The van der Waals surface area contributed by atoms with Crippen molar-refractivity contribution in [2.45, 2.75) is 26.1 Å². The molecule has 0 spiro atoms. The van der Waals surface area contributed by atoms with Gasteiger partial charge in [0.05, 0.1) is 24.9 Å². The average molecular weight is 409 g/mol. The molecule has 0 aliphatic carbocycles. The fourth-order valence-corrected chi connectivity index (χ4v) is 3.50. The van der Waals surface area contributed by atoms with E-state index in [1.165, 1.54) is 0 Å². The highest BCUT2D eigenvalue weighted by Gasteiger charge is 2.27. The second-order valence-electron chi connectivity index (χ2n) is 7.30. The van der Waals surface area contributed by atoms with Gasteiger partial charge in [-0.25, -0.2) is 4.79 Å². The highest BCUT2D eigenvalue weighted by atomic mass is 16.5. The van der Waals surface area contributed by atoms with E-state index in [1.807, 2.05) is 68.4 Å². The molecule has 158 valence electrons. The minimum Gasteiger partial charge on any atom is -0.496 e. The third-order valence-corrected chi connectivity index (χ3v) is 4.84. The average Bonchev–Trinajstić information content (AvgIpc) is 2.75. The first kappa shape index (κ1) is 21.6. The van der Waals surface area contributed by atoms with E-state index in [-0.39, 0.29) is 24.7 Å². The van der Waals surface area contributed by atoms with Crippen molar-refractivity contribution in [3.8, 4) is 5.75 Å². The molecule has 0 N–H and O–H groups in total. The van der Waals surface area contributed by atoms with Crippen LogP contribution in [0.15, 0.2) is 54.6 Å². The lowest BCUT2D eigenvalue weighted by atomic mass is 10.0. The molecule has 0 unspecified atom stereocenters. The van der Waals surface area contributed by atoms with Crippen molar-refractivity contribution < 1.29 is 23.8 Å². The number of carbonyl (C=O) groups excluding carboxylic acids is 2. The van der Waals surface area contributed by atoms with Gasteiger partial charge < -0.3 is 19.1 Å². The molecule has 1 aliphatic rings. The molecule has 1 aliphatic heterocycles. The third kappa shape index (κ3) is 5.48. The molecule has 0 saturated carbocycles. The van der Waals surface area contributed by atoms with Crippen LogP contribution < -0.4 is 4.74 Å². The van der Waals surface area contributed by atoms with Crippen LogP contribution in [0.3, 0.4) is 0 Å². The summed E-state index contributed by atoms with van der Waals surface area (Å²) in [5.74, 6) is -0.143. The molecular formula is C24H27NO5. The lowest BCUT2D eigenvalue weighted by Crippen LogP contribution is -2.49. The van der Waals surface area contributed by atoms with Crippen molar-refractivity contribution >= 4 is 23.5 Å². The molecule has 1 saturated heterocycles. The van der Waals surface area contributed by atoms with E-state index < -0.39 is 5.97 Å². The summed E-state index contributed by atoms with van der Waals surface area (Å²) in [6, 6.07) is 16.6. The normalized spacial score (nSPS) is 19.3. The van der Waals surface area contributed by atoms with Gasteiger partial charge >= 0.3 is 5.97 Å². The molecule has 6 nitrogen and oxygen atoms in total. The molecule has 0 bridgehead atoms. The highest BCUT2D eigenvalue weighted by Crippen LogP contribution is 2.25. The lowest BCUT2D eigenvalue weighted by molar-refractivity contribution is -0.154. The van der Waals surface area contributed by atoms with Crippen LogP contribution in [0.25, 0.3) is 11.6 Å². The number of hydrogen-bond acceptors (Lipinski definition) is 5. The summed E-state index contributed by atoms with van der Waals surface area (Å²) in [4.78, 5) is 27.2. The Morgan fingerprint density at radius 3 is 2.33 bits per heavy atom. The van der Waals surface area contributed by atoms with Crippen LogP contribution in [0.2, 0.25) is 0 Å². The van der Waals surface area contributed by atoms with Crippen molar-refractivity contribution in [2.24, 2.45) is 0 Å². The SMILES string of the molecule is COc1ccccc1/C=C(/C(=O)OCC(=O)N1C[C@@H](C)O[C@@H](C)C1)c1ccccc1. The standard InChI is InChI=1S/C24H27NO5/c1-17-14-25(15-18(2)30-17)23(26)16-29-24(27)21(19-9-5-4-6-10-19)13-20-11-7-8-12-22(20)28-3/h4-13,17-18H,14-16H2,1-3H3/b21-13+/t17-,18+. The number of ether oxygens (including phenoxy) is 3. The summed E-state index contributed by atoms with van der Waals surface area (Å²) in [5.41, 5.74) is 1.81. The molecule has 3 rings (SSSR count). The molecule has 2 aromatic carbocycles. The molecule has 0 radical (unpaired) electrons. The summed E-state index contributed by atoms with van der Waals surface area (Å²) in [6.07, 6.45) is 1.64. The second-order valence-corrected chi connectivity index (χ2v) is 7.30. The molecule has 6 heteroatoms. The van der Waals surface area contributed by atoms with Crippen molar-refractivity contribution in [3.05, 3.63) is 65.7 Å². The maximum atomic E-state index is 12.9. The van der Waals surface area contributed by atoms with Gasteiger partial charge in [-0.1, -0.05) is 48.5 Å². The van der Waals surface area contributed by atoms with E-state index >= 15 is 0 Å². The summed E-state index contributed by atoms with van der Waals surface area (Å²) in [5, 5.41) is 0. The van der Waals surface area contributed by atoms with E-state index in [9.17, 15) is 9.59 Å². The Hall–Kier alpha value is -3.12. The number of methoxy groups -OCH3 is 1. The van der Waals surface area contributed by atoms with Crippen LogP contribution in [0, 0.1) is 0 Å². The van der Waals surface area contributed by atoms with Crippen molar-refractivity contribution in [1.82, 2.24) is 4.90 Å². The van der Waals surface area contributed by atoms with Crippen LogP contribution in [-0.4, -0.2) is 55.8 Å². The van der Waals surface area contributed by atoms with Crippen molar-refractivity contribution in [3.63, 3.8) is 0 Å². The van der Waals surface area contributed by atoms with Gasteiger partial charge in [-0.2, -0.15) is 0 Å². The largest absolute Gasteiger partial charge is 0.496 e. The number of amides is 1. The van der Waals surface area contributed by atoms with E-state index in [0.717, 1.165) is 5.56 Å². The van der Waals surface area contributed by atoms with Gasteiger partial charge in [0.1, 0.15) is 5.75 Å². The monoisotopic (exact) mass is 409 g/mol. The number of esters is 1. The minimum absolute atomic E-state index is 0.0428. The number of rotatable bonds is 6. The molecule has 2 atom stereocenters. The van der Waals surface area contributed by atoms with E-state index in [0.29, 0.717) is 30.0 Å². The zero-order valence-electron chi connectivity index (χ0n) is 17.5. The maximum absolute atomic E-state index is 12.9. The van der Waals surface area contributed by atoms with Crippen LogP contribution >= 0.6 is 0 Å². The number of benzene rings is 2. The Morgan fingerprint density at radius 2 is 1.67 bits per heavy atom. The first-order valence-electron chi connectivity index (χ1n) is 9.98. The molecule has 1 amide bonds. The fourth-order valence-electron chi connectivity index (χ4n) is 3.50. The fraction of sp³-hybridized carbons (Fsp3) is 0.333. The Morgan fingerprint density at radius 1 is 1.03 bits per heavy atom. The molecule has 30 heavy (non-hydrogen) atoms. The number of para-hydroxylation sites is 1. The minimum atomic E-state index is -0.560. The molecule has 0 aromatic heterocycles. The third-order valence-electron chi connectivity index (χ3n) is 4.84. The van der Waals surface area contributed by atoms with Gasteiger partial charge in [0.2, 0.25) is 0 Å². The first-order valence-corrected chi connectivity index (χ1v) is 9.98. The van der Waals surface area contributed by atoms with Crippen LogP contribution in [0.4, 0.5) is 0 Å². The van der Waals surface area contributed by atoms with Gasteiger partial charge in [0.15, 0.2) is 6.61 Å². The Kier molecular flexibility index (Phi) is 7.25. The Balaban J connectivity index is 1.78. The number of carbonyl (C=O) groups is 2. The Labute approximate surface area is 177 Å². The highest BCUT2D eigenvalue weighted by molar-refractivity contribution is 6.22. The molecule has 1 fully saturated rings. The predicted octanol–water partition coefficient (Wildman–Crippen LogP) is 3.41. The van der Waals surface area contributed by atoms with E-state index in [1.54, 1.807) is 18.1 Å². The number of hydrogen-bond donors (Lipinski definition) is 0. The van der Waals surface area contributed by atoms with E-state index in [2.05, 4.69) is 0 Å². The van der Waals surface area contributed by atoms with Crippen LogP contribution in [-0.2, 0) is 19.1 Å². The zero-order valence-corrected chi connectivity index (χ0v) is 17.5. The summed E-state index contributed by atoms with van der Waals surface area (Å²) < 4.78 is 16.5. The topological polar surface area (TPSA) is 65.1 Å². The van der Waals surface area contributed by atoms with Crippen molar-refractivity contribution in [1.29, 1.82) is 0 Å². The summed E-state index contributed by atoms with van der Waals surface area (Å²) in [6.45, 7) is 4.51. The smallest absolute Gasteiger partial charge is 0.339 e.